The van der Waals surface area contributed by atoms with Gasteiger partial charge in [-0.25, -0.2) is 4.79 Å². The Hall–Kier alpha value is -3.21. The zero-order valence-electron chi connectivity index (χ0n) is 34.0. The molecule has 4 fully saturated rings. The number of fused-ring (bicyclic) bond motifs is 5. The highest BCUT2D eigenvalue weighted by molar-refractivity contribution is 5.96. The van der Waals surface area contributed by atoms with E-state index in [1.165, 1.54) is 20.1 Å². The number of carbonyl (C=O) groups is 5. The molecule has 0 amide bonds. The number of esters is 4. The Bertz CT molecular complexity index is 1590. The first-order chi connectivity index (χ1) is 25.9. The Morgan fingerprint density at radius 1 is 0.893 bits per heavy atom. The van der Waals surface area contributed by atoms with E-state index in [0.29, 0.717) is 5.57 Å². The lowest BCUT2D eigenvalue weighted by atomic mass is 9.70. The Kier molecular flexibility index (Phi) is 12.7. The molecule has 15 nitrogen and oxygen atoms in total. The summed E-state index contributed by atoms with van der Waals surface area (Å²) in [5.74, 6) is -7.48. The summed E-state index contributed by atoms with van der Waals surface area (Å²) in [5.41, 5.74) is -2.71. The average Bonchev–Trinajstić information content (AvgIpc) is 3.56. The molecular weight excluding hydrogens is 732 g/mol. The van der Waals surface area contributed by atoms with Crippen LogP contribution in [0.2, 0.25) is 0 Å². The Morgan fingerprint density at radius 2 is 1.57 bits per heavy atom. The quantitative estimate of drug-likeness (QED) is 0.158. The highest BCUT2D eigenvalue weighted by Crippen LogP contribution is 2.51. The largest absolute Gasteiger partial charge is 0.466 e. The number of allylic oxidation sites excluding steroid dienone is 1. The number of hydrogen-bond donors (Lipinski definition) is 3. The Morgan fingerprint density at radius 3 is 2.23 bits per heavy atom. The number of ketones is 1. The van der Waals surface area contributed by atoms with Gasteiger partial charge in [-0.3, -0.25) is 19.2 Å². The van der Waals surface area contributed by atoms with E-state index in [4.69, 9.17) is 33.2 Å². The number of cyclic esters (lactones) is 1. The molecule has 56 heavy (non-hydrogen) atoms. The van der Waals surface area contributed by atoms with Crippen molar-refractivity contribution in [2.45, 2.75) is 174 Å². The number of hydrogen-bond acceptors (Lipinski definition) is 15. The Balaban J connectivity index is 1.53. The maximum absolute atomic E-state index is 14.4. The van der Waals surface area contributed by atoms with Gasteiger partial charge in [-0.05, 0) is 60.8 Å². The first-order valence-corrected chi connectivity index (χ1v) is 19.6. The van der Waals surface area contributed by atoms with Crippen molar-refractivity contribution in [2.24, 2.45) is 22.2 Å². The van der Waals surface area contributed by atoms with E-state index in [2.05, 4.69) is 0 Å². The van der Waals surface area contributed by atoms with E-state index in [1.807, 2.05) is 0 Å². The van der Waals surface area contributed by atoms with Gasteiger partial charge in [0.2, 0.25) is 5.78 Å². The second kappa shape index (κ2) is 16.2. The zero-order valence-corrected chi connectivity index (χ0v) is 34.0. The highest BCUT2D eigenvalue weighted by Gasteiger charge is 2.64. The second-order valence-electron chi connectivity index (χ2n) is 18.4. The standard InChI is InChI=1S/C41H60O15/c1-22-30(43)19-27-15-24-16-34(46)56-41(24,55-27)35(47)38(5,6)11-10-26-12-23(14-32(44)50-9)13-29(52-26)21-40(49)39(7,8)31(53-36(48)37(2,3)4)20-28(54-40)17-25(42)18-33(45)51-22/h10-11,14,22,24-31,42-43,49H,12-13,15-21H2,1-9H3/b11-10+,23-14+/t22-,24-,25-,26+,27-,28-,29+,30-,31+,40+,41-/m1/s1. The maximum Gasteiger partial charge on any atom is 0.330 e. The summed E-state index contributed by atoms with van der Waals surface area (Å²) >= 11 is 0. The molecule has 3 N–H and O–H groups in total. The third-order valence-electron chi connectivity index (χ3n) is 11.9. The summed E-state index contributed by atoms with van der Waals surface area (Å²) in [6.45, 7) is 13.4. The van der Waals surface area contributed by atoms with Crippen LogP contribution >= 0.6 is 0 Å². The van der Waals surface area contributed by atoms with Gasteiger partial charge < -0.3 is 48.5 Å². The predicted molar refractivity (Wildman–Crippen MR) is 196 cm³/mol. The van der Waals surface area contributed by atoms with Crippen LogP contribution in [0.1, 0.15) is 113 Å². The molecule has 5 rings (SSSR count). The van der Waals surface area contributed by atoms with Gasteiger partial charge in [-0.1, -0.05) is 31.6 Å². The molecule has 5 aliphatic heterocycles. The van der Waals surface area contributed by atoms with Gasteiger partial charge >= 0.3 is 23.9 Å². The van der Waals surface area contributed by atoms with Crippen molar-refractivity contribution in [3.05, 3.63) is 23.8 Å². The fourth-order valence-corrected chi connectivity index (χ4v) is 8.36. The first kappa shape index (κ1) is 43.9. The molecule has 1 spiro atoms. The van der Waals surface area contributed by atoms with Gasteiger partial charge in [-0.2, -0.15) is 0 Å². The van der Waals surface area contributed by atoms with Crippen LogP contribution in [0.15, 0.2) is 23.8 Å². The van der Waals surface area contributed by atoms with E-state index < -0.39 is 119 Å². The lowest BCUT2D eigenvalue weighted by Gasteiger charge is -2.54. The lowest BCUT2D eigenvalue weighted by Crippen LogP contribution is -2.62. The smallest absolute Gasteiger partial charge is 0.330 e. The van der Waals surface area contributed by atoms with E-state index in [9.17, 15) is 39.3 Å². The molecule has 5 heterocycles. The summed E-state index contributed by atoms with van der Waals surface area (Å²) < 4.78 is 41.2. The van der Waals surface area contributed by atoms with Gasteiger partial charge in [0.25, 0.3) is 5.79 Å². The number of methoxy groups -OCH3 is 1. The summed E-state index contributed by atoms with van der Waals surface area (Å²) in [6, 6.07) is 0. The third kappa shape index (κ3) is 9.39. The van der Waals surface area contributed by atoms with Crippen LogP contribution in [0.4, 0.5) is 0 Å². The van der Waals surface area contributed by atoms with E-state index in [1.54, 1.807) is 60.6 Å². The molecule has 0 aromatic heterocycles. The third-order valence-corrected chi connectivity index (χ3v) is 11.9. The molecule has 11 atom stereocenters. The van der Waals surface area contributed by atoms with Gasteiger partial charge in [0, 0.05) is 43.1 Å². The molecule has 6 bridgehead atoms. The molecular formula is C41H60O15. The van der Waals surface area contributed by atoms with Crippen LogP contribution in [0.3, 0.4) is 0 Å². The number of rotatable bonds is 2. The van der Waals surface area contributed by atoms with Crippen molar-refractivity contribution in [1.82, 2.24) is 0 Å². The summed E-state index contributed by atoms with van der Waals surface area (Å²) in [7, 11) is 1.26. The van der Waals surface area contributed by atoms with Crippen molar-refractivity contribution >= 4 is 29.7 Å². The van der Waals surface area contributed by atoms with E-state index >= 15 is 0 Å². The first-order valence-electron chi connectivity index (χ1n) is 19.6. The van der Waals surface area contributed by atoms with E-state index in [0.717, 1.165) is 0 Å². The molecule has 0 aliphatic carbocycles. The van der Waals surface area contributed by atoms with Crippen LogP contribution in [-0.4, -0.2) is 112 Å². The second-order valence-corrected chi connectivity index (χ2v) is 18.4. The predicted octanol–water partition coefficient (Wildman–Crippen LogP) is 3.52. The van der Waals surface area contributed by atoms with Gasteiger partial charge in [0.15, 0.2) is 5.79 Å². The number of Topliss-reactive ketones (excluding diaryl/α,β-unsaturated/α-hetero) is 1. The van der Waals surface area contributed by atoms with Crippen molar-refractivity contribution in [3.8, 4) is 0 Å². The summed E-state index contributed by atoms with van der Waals surface area (Å²) in [5, 5.41) is 34.7. The van der Waals surface area contributed by atoms with Gasteiger partial charge in [0.05, 0.1) is 67.4 Å². The highest BCUT2D eigenvalue weighted by atomic mass is 16.7. The van der Waals surface area contributed by atoms with Crippen molar-refractivity contribution in [3.63, 3.8) is 0 Å². The van der Waals surface area contributed by atoms with Crippen molar-refractivity contribution in [2.75, 3.05) is 7.11 Å². The number of carbonyl (C=O) groups excluding carboxylic acids is 5. The minimum absolute atomic E-state index is 0.0259. The normalized spacial score (nSPS) is 40.6. The molecule has 0 aromatic rings. The maximum atomic E-state index is 14.4. The molecule has 5 aliphatic rings. The monoisotopic (exact) mass is 792 g/mol. The van der Waals surface area contributed by atoms with Crippen molar-refractivity contribution < 1.29 is 72.5 Å². The summed E-state index contributed by atoms with van der Waals surface area (Å²) in [6.07, 6.45) is -2.77. The molecule has 4 saturated heterocycles. The topological polar surface area (TPSA) is 211 Å². The zero-order chi connectivity index (χ0) is 41.6. The minimum Gasteiger partial charge on any atom is -0.466 e. The fourth-order valence-electron chi connectivity index (χ4n) is 8.36. The van der Waals surface area contributed by atoms with Gasteiger partial charge in [0.1, 0.15) is 12.2 Å². The van der Waals surface area contributed by atoms with Crippen molar-refractivity contribution in [1.29, 1.82) is 0 Å². The molecule has 0 unspecified atom stereocenters. The molecule has 0 aromatic carbocycles. The van der Waals surface area contributed by atoms with Crippen LogP contribution in [0, 0.1) is 22.2 Å². The van der Waals surface area contributed by atoms with Crippen LogP contribution in [0.25, 0.3) is 0 Å². The Labute approximate surface area is 328 Å². The van der Waals surface area contributed by atoms with Gasteiger partial charge in [-0.15, -0.1) is 0 Å². The summed E-state index contributed by atoms with van der Waals surface area (Å²) in [4.78, 5) is 65.6. The van der Waals surface area contributed by atoms with Crippen LogP contribution < -0.4 is 0 Å². The molecule has 314 valence electrons. The van der Waals surface area contributed by atoms with Crippen LogP contribution in [-0.2, 0) is 57.1 Å². The average molecular weight is 793 g/mol. The number of aliphatic hydroxyl groups excluding tert-OH is 2. The minimum atomic E-state index is -2.02. The number of aliphatic hydroxyl groups is 3. The number of ether oxygens (including phenoxy) is 7. The fraction of sp³-hybridized carbons (Fsp3) is 0.780. The van der Waals surface area contributed by atoms with Crippen LogP contribution in [0.5, 0.6) is 0 Å². The molecule has 0 radical (unpaired) electrons. The molecule has 0 saturated carbocycles. The molecule has 15 heteroatoms. The lowest BCUT2D eigenvalue weighted by molar-refractivity contribution is -0.349. The van der Waals surface area contributed by atoms with E-state index in [-0.39, 0.29) is 51.4 Å². The SMILES string of the molecule is COC(=O)/C=C1/C[C@H]2C[C@]3(O)O[C@H](C[C@@H](O)CC(=O)O[C@H](C)[C@H](O)C[C@H]4C[C@@H]5CC(=O)O[C@@]5(O4)C(=O)C(C)(C)/C=C/[C@@H](C1)O2)C[C@H](OC(=O)C(C)(C)C)C3(C)C.